The summed E-state index contributed by atoms with van der Waals surface area (Å²) in [7, 11) is -3.64. The van der Waals surface area contributed by atoms with Gasteiger partial charge in [-0.25, -0.2) is 13.6 Å². The van der Waals surface area contributed by atoms with Crippen LogP contribution in [0.2, 0.25) is 0 Å². The summed E-state index contributed by atoms with van der Waals surface area (Å²) in [6.45, 7) is 4.81. The molecule has 0 fully saturated rings. The van der Waals surface area contributed by atoms with Crippen molar-refractivity contribution in [2.45, 2.75) is 24.8 Å². The van der Waals surface area contributed by atoms with Gasteiger partial charge in [0.1, 0.15) is 12.4 Å². The van der Waals surface area contributed by atoms with Crippen LogP contribution in [0.25, 0.3) is 0 Å². The van der Waals surface area contributed by atoms with E-state index in [9.17, 15) is 8.42 Å². The highest BCUT2D eigenvalue weighted by Gasteiger charge is 2.06. The van der Waals surface area contributed by atoms with Crippen molar-refractivity contribution in [2.75, 3.05) is 13.2 Å². The molecule has 1 aromatic carbocycles. The predicted molar refractivity (Wildman–Crippen MR) is 64.4 cm³/mol. The molecule has 96 valence electrons. The fraction of sp³-hybridized carbons (Fsp3) is 0.455. The van der Waals surface area contributed by atoms with Gasteiger partial charge in [-0.1, -0.05) is 0 Å². The first-order valence-corrected chi connectivity index (χ1v) is 6.81. The minimum atomic E-state index is -3.64. The van der Waals surface area contributed by atoms with Gasteiger partial charge < -0.3 is 9.47 Å². The fourth-order valence-corrected chi connectivity index (χ4v) is 1.68. The molecule has 0 bridgehead atoms. The number of sulfonamides is 1. The Balaban J connectivity index is 2.46. The molecule has 6 heteroatoms. The van der Waals surface area contributed by atoms with Gasteiger partial charge in [0.2, 0.25) is 10.0 Å². The Morgan fingerprint density at radius 1 is 1.18 bits per heavy atom. The molecular formula is C11H17NO4S. The van der Waals surface area contributed by atoms with Crippen molar-refractivity contribution in [2.24, 2.45) is 5.14 Å². The average Bonchev–Trinajstić information content (AvgIpc) is 2.23. The summed E-state index contributed by atoms with van der Waals surface area (Å²) in [5, 5.41) is 4.97. The summed E-state index contributed by atoms with van der Waals surface area (Å²) >= 11 is 0. The van der Waals surface area contributed by atoms with Crippen molar-refractivity contribution < 1.29 is 17.9 Å². The van der Waals surface area contributed by atoms with Crippen molar-refractivity contribution >= 4 is 10.0 Å². The topological polar surface area (TPSA) is 78.6 Å². The van der Waals surface area contributed by atoms with Crippen LogP contribution in [0.4, 0.5) is 0 Å². The van der Waals surface area contributed by atoms with E-state index in [0.29, 0.717) is 19.0 Å². The number of benzene rings is 1. The Labute approximate surface area is 102 Å². The van der Waals surface area contributed by atoms with Crippen LogP contribution < -0.4 is 9.88 Å². The van der Waals surface area contributed by atoms with E-state index in [1.807, 2.05) is 13.8 Å². The van der Waals surface area contributed by atoms with Crippen LogP contribution in [-0.2, 0) is 14.8 Å². The third-order valence-corrected chi connectivity index (χ3v) is 2.88. The van der Waals surface area contributed by atoms with Gasteiger partial charge in [-0.2, -0.15) is 0 Å². The first kappa shape index (κ1) is 14.0. The average molecular weight is 259 g/mol. The van der Waals surface area contributed by atoms with Crippen LogP contribution in [0, 0.1) is 0 Å². The van der Waals surface area contributed by atoms with Gasteiger partial charge in [-0.15, -0.1) is 0 Å². The number of hydrogen-bond donors (Lipinski definition) is 1. The zero-order valence-corrected chi connectivity index (χ0v) is 10.7. The number of nitrogens with two attached hydrogens (primary N) is 1. The van der Waals surface area contributed by atoms with E-state index in [1.165, 1.54) is 12.1 Å². The van der Waals surface area contributed by atoms with E-state index < -0.39 is 10.0 Å². The molecule has 0 amide bonds. The third kappa shape index (κ3) is 5.16. The van der Waals surface area contributed by atoms with Gasteiger partial charge in [0, 0.05) is 0 Å². The highest BCUT2D eigenvalue weighted by atomic mass is 32.2. The molecule has 0 aliphatic rings. The lowest BCUT2D eigenvalue weighted by molar-refractivity contribution is 0.0552. The van der Waals surface area contributed by atoms with E-state index in [2.05, 4.69) is 0 Å². The second-order valence-electron chi connectivity index (χ2n) is 3.78. The predicted octanol–water partition coefficient (Wildman–Crippen LogP) is 1.14. The molecule has 0 saturated carbocycles. The summed E-state index contributed by atoms with van der Waals surface area (Å²) < 4.78 is 32.7. The monoisotopic (exact) mass is 259 g/mol. The van der Waals surface area contributed by atoms with E-state index in [4.69, 9.17) is 14.6 Å². The molecule has 0 atom stereocenters. The number of primary sulfonamides is 1. The zero-order chi connectivity index (χ0) is 12.9. The Hall–Kier alpha value is -1.11. The molecule has 5 nitrogen and oxygen atoms in total. The molecule has 0 spiro atoms. The maximum atomic E-state index is 11.0. The SMILES string of the molecule is CC(C)OCCOc1ccc(S(N)(=O)=O)cc1. The highest BCUT2D eigenvalue weighted by Crippen LogP contribution is 2.14. The molecular weight excluding hydrogens is 242 g/mol. The van der Waals surface area contributed by atoms with Gasteiger partial charge in [-0.3, -0.25) is 0 Å². The molecule has 0 aliphatic carbocycles. The lowest BCUT2D eigenvalue weighted by Gasteiger charge is -2.09. The number of hydrogen-bond acceptors (Lipinski definition) is 4. The van der Waals surface area contributed by atoms with Crippen molar-refractivity contribution in [3.63, 3.8) is 0 Å². The largest absolute Gasteiger partial charge is 0.491 e. The minimum absolute atomic E-state index is 0.0725. The maximum absolute atomic E-state index is 11.0. The summed E-state index contributed by atoms with van der Waals surface area (Å²) in [4.78, 5) is 0.0725. The van der Waals surface area contributed by atoms with Crippen molar-refractivity contribution in [1.29, 1.82) is 0 Å². The molecule has 0 aromatic heterocycles. The van der Waals surface area contributed by atoms with Gasteiger partial charge in [0.25, 0.3) is 0 Å². The normalized spacial score (nSPS) is 11.8. The number of ether oxygens (including phenoxy) is 2. The van der Waals surface area contributed by atoms with Crippen LogP contribution in [0.15, 0.2) is 29.2 Å². The maximum Gasteiger partial charge on any atom is 0.238 e. The standard InChI is InChI=1S/C11H17NO4S/c1-9(2)15-7-8-16-10-3-5-11(6-4-10)17(12,13)14/h3-6,9H,7-8H2,1-2H3,(H2,12,13,14). The summed E-state index contributed by atoms with van der Waals surface area (Å²) in [5.41, 5.74) is 0. The molecule has 2 N–H and O–H groups in total. The van der Waals surface area contributed by atoms with Crippen molar-refractivity contribution in [1.82, 2.24) is 0 Å². The molecule has 1 aromatic rings. The molecule has 0 unspecified atom stereocenters. The molecule has 0 aliphatic heterocycles. The Morgan fingerprint density at radius 2 is 1.76 bits per heavy atom. The van der Waals surface area contributed by atoms with E-state index in [-0.39, 0.29) is 11.0 Å². The van der Waals surface area contributed by atoms with Crippen LogP contribution in [0.5, 0.6) is 5.75 Å². The first-order chi connectivity index (χ1) is 7.89. The smallest absolute Gasteiger partial charge is 0.238 e. The quantitative estimate of drug-likeness (QED) is 0.777. The second kappa shape index (κ2) is 6.00. The van der Waals surface area contributed by atoms with Crippen molar-refractivity contribution in [3.8, 4) is 5.75 Å². The summed E-state index contributed by atoms with van der Waals surface area (Å²) in [6, 6.07) is 5.95. The molecule has 1 rings (SSSR count). The number of rotatable bonds is 6. The minimum Gasteiger partial charge on any atom is -0.491 e. The lowest BCUT2D eigenvalue weighted by Crippen LogP contribution is -2.12. The van der Waals surface area contributed by atoms with E-state index >= 15 is 0 Å². The zero-order valence-electron chi connectivity index (χ0n) is 9.92. The molecule has 0 heterocycles. The van der Waals surface area contributed by atoms with Gasteiger partial charge >= 0.3 is 0 Å². The van der Waals surface area contributed by atoms with Gasteiger partial charge in [0.15, 0.2) is 0 Å². The van der Waals surface area contributed by atoms with Crippen LogP contribution >= 0.6 is 0 Å². The Kier molecular flexibility index (Phi) is 4.92. The molecule has 0 radical (unpaired) electrons. The van der Waals surface area contributed by atoms with Crippen LogP contribution in [0.3, 0.4) is 0 Å². The van der Waals surface area contributed by atoms with Crippen LogP contribution in [0.1, 0.15) is 13.8 Å². The van der Waals surface area contributed by atoms with Crippen LogP contribution in [-0.4, -0.2) is 27.7 Å². The Morgan fingerprint density at radius 3 is 2.24 bits per heavy atom. The first-order valence-electron chi connectivity index (χ1n) is 5.27. The highest BCUT2D eigenvalue weighted by molar-refractivity contribution is 7.89. The lowest BCUT2D eigenvalue weighted by atomic mass is 10.3. The second-order valence-corrected chi connectivity index (χ2v) is 5.35. The summed E-state index contributed by atoms with van der Waals surface area (Å²) in [5.74, 6) is 0.588. The van der Waals surface area contributed by atoms with E-state index in [0.717, 1.165) is 0 Å². The molecule has 0 saturated heterocycles. The third-order valence-electron chi connectivity index (χ3n) is 1.96. The van der Waals surface area contributed by atoms with E-state index in [1.54, 1.807) is 12.1 Å². The Bertz CT molecular complexity index is 439. The summed E-state index contributed by atoms with van der Waals surface area (Å²) in [6.07, 6.45) is 0.170. The van der Waals surface area contributed by atoms with Gasteiger partial charge in [-0.05, 0) is 38.1 Å². The van der Waals surface area contributed by atoms with Gasteiger partial charge in [0.05, 0.1) is 17.6 Å². The molecule has 17 heavy (non-hydrogen) atoms. The fourth-order valence-electron chi connectivity index (χ4n) is 1.17. The van der Waals surface area contributed by atoms with Crippen molar-refractivity contribution in [3.05, 3.63) is 24.3 Å².